The van der Waals surface area contributed by atoms with Crippen molar-refractivity contribution >= 4 is 5.97 Å². The van der Waals surface area contributed by atoms with Gasteiger partial charge in [0.25, 0.3) is 0 Å². The van der Waals surface area contributed by atoms with Crippen molar-refractivity contribution in [3.63, 3.8) is 0 Å². The Hall–Kier alpha value is -3.08. The fourth-order valence-corrected chi connectivity index (χ4v) is 2.26. The molecule has 108 valence electrons. The Bertz CT molecular complexity index is 790. The molecule has 0 saturated heterocycles. The van der Waals surface area contributed by atoms with Crippen molar-refractivity contribution in [3.05, 3.63) is 66.9 Å². The molecular weight excluding hydrogens is 278 g/mol. The molecule has 0 bridgehead atoms. The molecular formula is C17H13N3O2. The number of aliphatic carboxylic acids is 1. The summed E-state index contributed by atoms with van der Waals surface area (Å²) in [6, 6.07) is 11.2. The topological polar surface area (TPSA) is 76.0 Å². The highest BCUT2D eigenvalue weighted by Crippen LogP contribution is 2.26. The summed E-state index contributed by atoms with van der Waals surface area (Å²) in [7, 11) is 0. The van der Waals surface area contributed by atoms with Crippen LogP contribution in [0.25, 0.3) is 22.4 Å². The van der Waals surface area contributed by atoms with Gasteiger partial charge in [-0.1, -0.05) is 6.07 Å². The van der Waals surface area contributed by atoms with Crippen LogP contribution >= 0.6 is 0 Å². The Labute approximate surface area is 127 Å². The normalized spacial score (nSPS) is 10.4. The van der Waals surface area contributed by atoms with Gasteiger partial charge in [0.1, 0.15) is 0 Å². The minimum absolute atomic E-state index is 0.128. The molecule has 22 heavy (non-hydrogen) atoms. The van der Waals surface area contributed by atoms with Gasteiger partial charge >= 0.3 is 5.97 Å². The average Bonchev–Trinajstić information content (AvgIpc) is 2.56. The van der Waals surface area contributed by atoms with Gasteiger partial charge in [-0.2, -0.15) is 0 Å². The largest absolute Gasteiger partial charge is 0.481 e. The van der Waals surface area contributed by atoms with Gasteiger partial charge in [-0.3, -0.25) is 19.7 Å². The second-order valence-corrected chi connectivity index (χ2v) is 4.73. The van der Waals surface area contributed by atoms with Crippen molar-refractivity contribution < 1.29 is 9.90 Å². The molecule has 0 amide bonds. The smallest absolute Gasteiger partial charge is 0.309 e. The summed E-state index contributed by atoms with van der Waals surface area (Å²) in [6.07, 6.45) is 6.60. The van der Waals surface area contributed by atoms with Gasteiger partial charge < -0.3 is 5.11 Å². The molecule has 3 aromatic heterocycles. The zero-order chi connectivity index (χ0) is 15.4. The number of hydrogen-bond acceptors (Lipinski definition) is 4. The predicted molar refractivity (Wildman–Crippen MR) is 82.0 cm³/mol. The summed E-state index contributed by atoms with van der Waals surface area (Å²) < 4.78 is 0. The Kier molecular flexibility index (Phi) is 3.87. The highest BCUT2D eigenvalue weighted by atomic mass is 16.4. The van der Waals surface area contributed by atoms with Gasteiger partial charge in [0.05, 0.1) is 17.8 Å². The first-order chi connectivity index (χ1) is 10.7. The van der Waals surface area contributed by atoms with Crippen LogP contribution in [-0.4, -0.2) is 26.0 Å². The summed E-state index contributed by atoms with van der Waals surface area (Å²) in [6.45, 7) is 0. The summed E-state index contributed by atoms with van der Waals surface area (Å²) in [4.78, 5) is 23.6. The second-order valence-electron chi connectivity index (χ2n) is 4.73. The molecule has 0 aromatic carbocycles. The maximum absolute atomic E-state index is 11.1. The number of carbonyl (C=O) groups is 1. The van der Waals surface area contributed by atoms with Crippen molar-refractivity contribution in [1.82, 2.24) is 15.0 Å². The van der Waals surface area contributed by atoms with E-state index < -0.39 is 5.97 Å². The van der Waals surface area contributed by atoms with Crippen LogP contribution < -0.4 is 0 Å². The van der Waals surface area contributed by atoms with Crippen LogP contribution in [0, 0.1) is 0 Å². The molecule has 0 fully saturated rings. The Balaban J connectivity index is 2.10. The number of rotatable bonds is 4. The summed E-state index contributed by atoms with van der Waals surface area (Å²) in [5.74, 6) is -0.908. The SMILES string of the molecule is O=C(O)Cc1nc(-c2ccncc2)ccc1-c1ccncc1. The summed E-state index contributed by atoms with van der Waals surface area (Å²) >= 11 is 0. The van der Waals surface area contributed by atoms with E-state index in [9.17, 15) is 4.79 Å². The molecule has 0 saturated carbocycles. The van der Waals surface area contributed by atoms with Crippen LogP contribution in [0.5, 0.6) is 0 Å². The predicted octanol–water partition coefficient (Wildman–Crippen LogP) is 2.83. The number of aromatic nitrogens is 3. The van der Waals surface area contributed by atoms with Crippen LogP contribution in [0.3, 0.4) is 0 Å². The highest BCUT2D eigenvalue weighted by molar-refractivity contribution is 5.76. The summed E-state index contributed by atoms with van der Waals surface area (Å²) in [5.41, 5.74) is 3.88. The highest BCUT2D eigenvalue weighted by Gasteiger charge is 2.12. The first-order valence-electron chi connectivity index (χ1n) is 6.76. The van der Waals surface area contributed by atoms with Crippen LogP contribution in [0.2, 0.25) is 0 Å². The van der Waals surface area contributed by atoms with Gasteiger partial charge in [-0.25, -0.2) is 0 Å². The van der Waals surface area contributed by atoms with Crippen LogP contribution in [0.1, 0.15) is 5.69 Å². The molecule has 5 nitrogen and oxygen atoms in total. The Morgan fingerprint density at radius 3 is 2.05 bits per heavy atom. The maximum Gasteiger partial charge on any atom is 0.309 e. The molecule has 1 N–H and O–H groups in total. The molecule has 0 radical (unpaired) electrons. The van der Waals surface area contributed by atoms with E-state index in [1.807, 2.05) is 36.4 Å². The molecule has 0 spiro atoms. The molecule has 0 unspecified atom stereocenters. The molecule has 0 aliphatic carbocycles. The van der Waals surface area contributed by atoms with Crippen LogP contribution in [0.15, 0.2) is 61.2 Å². The van der Waals surface area contributed by atoms with Crippen molar-refractivity contribution in [2.45, 2.75) is 6.42 Å². The van der Waals surface area contributed by atoms with E-state index in [1.54, 1.807) is 24.8 Å². The van der Waals surface area contributed by atoms with Gasteiger partial charge in [0.15, 0.2) is 0 Å². The average molecular weight is 291 g/mol. The van der Waals surface area contributed by atoms with Crippen molar-refractivity contribution in [2.24, 2.45) is 0 Å². The number of carboxylic acid groups (broad SMARTS) is 1. The second kappa shape index (κ2) is 6.13. The van der Waals surface area contributed by atoms with E-state index >= 15 is 0 Å². The molecule has 0 aliphatic rings. The molecule has 5 heteroatoms. The van der Waals surface area contributed by atoms with Crippen molar-refractivity contribution in [3.8, 4) is 22.4 Å². The van der Waals surface area contributed by atoms with Crippen LogP contribution in [-0.2, 0) is 11.2 Å². The first kappa shape index (κ1) is 13.9. The third kappa shape index (κ3) is 2.98. The Morgan fingerprint density at radius 1 is 0.864 bits per heavy atom. The van der Waals surface area contributed by atoms with Crippen molar-refractivity contribution in [1.29, 1.82) is 0 Å². The van der Waals surface area contributed by atoms with E-state index in [-0.39, 0.29) is 6.42 Å². The molecule has 3 rings (SSSR count). The van der Waals surface area contributed by atoms with Crippen molar-refractivity contribution in [2.75, 3.05) is 0 Å². The maximum atomic E-state index is 11.1. The number of hydrogen-bond donors (Lipinski definition) is 1. The standard InChI is InChI=1S/C17H13N3O2/c21-17(22)11-16-14(12-3-7-18-8-4-12)1-2-15(20-16)13-5-9-19-10-6-13/h1-10H,11H2,(H,21,22). The zero-order valence-electron chi connectivity index (χ0n) is 11.7. The quantitative estimate of drug-likeness (QED) is 0.800. The fraction of sp³-hybridized carbons (Fsp3) is 0.0588. The third-order valence-electron chi connectivity index (χ3n) is 3.26. The van der Waals surface area contributed by atoms with E-state index in [4.69, 9.17) is 5.11 Å². The van der Waals surface area contributed by atoms with E-state index in [0.29, 0.717) is 5.69 Å². The zero-order valence-corrected chi connectivity index (χ0v) is 11.7. The van der Waals surface area contributed by atoms with Gasteiger partial charge in [-0.05, 0) is 35.9 Å². The third-order valence-corrected chi connectivity index (χ3v) is 3.26. The minimum atomic E-state index is -0.908. The monoisotopic (exact) mass is 291 g/mol. The lowest BCUT2D eigenvalue weighted by Crippen LogP contribution is -2.05. The number of carboxylic acids is 1. The minimum Gasteiger partial charge on any atom is -0.481 e. The lowest BCUT2D eigenvalue weighted by molar-refractivity contribution is -0.136. The first-order valence-corrected chi connectivity index (χ1v) is 6.76. The molecule has 0 aliphatic heterocycles. The molecule has 3 aromatic rings. The van der Waals surface area contributed by atoms with Crippen LogP contribution in [0.4, 0.5) is 0 Å². The van der Waals surface area contributed by atoms with Gasteiger partial charge in [-0.15, -0.1) is 0 Å². The Morgan fingerprint density at radius 2 is 1.45 bits per heavy atom. The number of nitrogens with zero attached hydrogens (tertiary/aromatic N) is 3. The van der Waals surface area contributed by atoms with E-state index in [1.165, 1.54) is 0 Å². The molecule has 0 atom stereocenters. The van der Waals surface area contributed by atoms with E-state index in [2.05, 4.69) is 15.0 Å². The fourth-order valence-electron chi connectivity index (χ4n) is 2.26. The number of pyridine rings is 3. The molecule has 3 heterocycles. The lowest BCUT2D eigenvalue weighted by Gasteiger charge is -2.10. The van der Waals surface area contributed by atoms with Gasteiger partial charge in [0.2, 0.25) is 0 Å². The van der Waals surface area contributed by atoms with E-state index in [0.717, 1.165) is 22.4 Å². The lowest BCUT2D eigenvalue weighted by atomic mass is 10.0. The summed E-state index contributed by atoms with van der Waals surface area (Å²) in [5, 5.41) is 9.14. The van der Waals surface area contributed by atoms with Gasteiger partial charge in [0, 0.05) is 35.9 Å².